The van der Waals surface area contributed by atoms with E-state index in [2.05, 4.69) is 6.07 Å². The van der Waals surface area contributed by atoms with Gasteiger partial charge in [0.2, 0.25) is 0 Å². The van der Waals surface area contributed by atoms with Gasteiger partial charge in [0.05, 0.1) is 16.9 Å². The number of hydrogen-bond donors (Lipinski definition) is 1. The Hall–Kier alpha value is -1.34. The van der Waals surface area contributed by atoms with Crippen LogP contribution in [0, 0.1) is 23.7 Å². The fourth-order valence-corrected chi connectivity index (χ4v) is 3.73. The lowest BCUT2D eigenvalue weighted by Gasteiger charge is -2.12. The fourth-order valence-electron chi connectivity index (χ4n) is 1.93. The fraction of sp³-hybridized carbons (Fsp3) is 0.462. The lowest BCUT2D eigenvalue weighted by molar-refractivity contribution is 0.587. The summed E-state index contributed by atoms with van der Waals surface area (Å²) in [5.41, 5.74) is 7.37. The summed E-state index contributed by atoms with van der Waals surface area (Å²) in [7, 11) is -1.04. The summed E-state index contributed by atoms with van der Waals surface area (Å²) in [6.45, 7) is 1.94. The van der Waals surface area contributed by atoms with Crippen LogP contribution in [-0.4, -0.2) is 9.96 Å². The molecule has 1 unspecified atom stereocenters. The van der Waals surface area contributed by atoms with Crippen molar-refractivity contribution in [2.75, 3.05) is 11.5 Å². The third-order valence-electron chi connectivity index (χ3n) is 3.31. The zero-order valence-corrected chi connectivity index (χ0v) is 10.7. The molecule has 0 aliphatic heterocycles. The molecule has 2 N–H and O–H groups in total. The number of nitrogens with zero attached hydrogens (tertiary/aromatic N) is 1. The Bertz CT molecular complexity index is 501. The van der Waals surface area contributed by atoms with Gasteiger partial charge in [-0.15, -0.1) is 0 Å². The third kappa shape index (κ3) is 2.67. The first kappa shape index (κ1) is 12.1. The van der Waals surface area contributed by atoms with Crippen molar-refractivity contribution in [3.05, 3.63) is 23.8 Å². The summed E-state index contributed by atoms with van der Waals surface area (Å²) in [4.78, 5) is 0.814. The largest absolute Gasteiger partial charge is 0.399 e. The zero-order valence-electron chi connectivity index (χ0n) is 9.90. The normalized spacial score (nSPS) is 18.4. The molecule has 0 spiro atoms. The lowest BCUT2D eigenvalue weighted by Crippen LogP contribution is -2.12. The van der Waals surface area contributed by atoms with Crippen LogP contribution < -0.4 is 5.73 Å². The molecule has 1 saturated carbocycles. The molecular formula is C13H16N2OS. The molecule has 1 atom stereocenters. The van der Waals surface area contributed by atoms with Gasteiger partial charge in [-0.05, 0) is 42.9 Å². The van der Waals surface area contributed by atoms with Crippen LogP contribution in [0.1, 0.15) is 24.8 Å². The quantitative estimate of drug-likeness (QED) is 0.832. The van der Waals surface area contributed by atoms with Gasteiger partial charge in [-0.2, -0.15) is 5.26 Å². The molecule has 1 fully saturated rings. The second-order valence-electron chi connectivity index (χ2n) is 4.85. The van der Waals surface area contributed by atoms with Gasteiger partial charge < -0.3 is 5.73 Å². The van der Waals surface area contributed by atoms with Crippen molar-refractivity contribution in [1.29, 1.82) is 5.26 Å². The van der Waals surface area contributed by atoms with Crippen molar-refractivity contribution in [2.45, 2.75) is 31.1 Å². The molecule has 0 saturated heterocycles. The minimum Gasteiger partial charge on any atom is -0.399 e. The maximum absolute atomic E-state index is 12.3. The van der Waals surface area contributed by atoms with E-state index in [0.29, 0.717) is 17.9 Å². The maximum atomic E-state index is 12.3. The van der Waals surface area contributed by atoms with Crippen LogP contribution in [0.3, 0.4) is 0 Å². The summed E-state index contributed by atoms with van der Waals surface area (Å²) in [5.74, 6) is 0.588. The Balaban J connectivity index is 2.15. The molecule has 90 valence electrons. The van der Waals surface area contributed by atoms with Gasteiger partial charge in [-0.1, -0.05) is 6.07 Å². The highest BCUT2D eigenvalue weighted by atomic mass is 32.2. The Kier molecular flexibility index (Phi) is 3.21. The molecular weight excluding hydrogens is 232 g/mol. The van der Waals surface area contributed by atoms with E-state index in [0.717, 1.165) is 23.3 Å². The Morgan fingerprint density at radius 1 is 1.53 bits per heavy atom. The molecule has 0 amide bonds. The van der Waals surface area contributed by atoms with Crippen LogP contribution in [-0.2, 0) is 10.8 Å². The average molecular weight is 248 g/mol. The molecule has 0 radical (unpaired) electrons. The molecule has 17 heavy (non-hydrogen) atoms. The van der Waals surface area contributed by atoms with Gasteiger partial charge in [0.1, 0.15) is 0 Å². The van der Waals surface area contributed by atoms with Crippen LogP contribution in [0.15, 0.2) is 23.1 Å². The summed E-state index contributed by atoms with van der Waals surface area (Å²) in [6.07, 6.45) is 2.56. The molecule has 0 aromatic heterocycles. The van der Waals surface area contributed by atoms with Gasteiger partial charge in [0, 0.05) is 22.8 Å². The van der Waals surface area contributed by atoms with Crippen molar-refractivity contribution in [3.8, 4) is 6.07 Å². The number of nitrogens with two attached hydrogens (primary N) is 1. The summed E-state index contributed by atoms with van der Waals surface area (Å²) in [5, 5.41) is 8.76. The molecule has 0 bridgehead atoms. The molecule has 2 rings (SSSR count). The standard InChI is InChI=1S/C13H16N2OS/c1-10-2-3-11(15)8-12(10)17(16)9-13(4-5-13)6-7-14/h2-3,8H,4-6,9,15H2,1H3. The molecule has 0 heterocycles. The first-order valence-corrected chi connectivity index (χ1v) is 7.00. The number of nitriles is 1. The number of aryl methyl sites for hydroxylation is 1. The Morgan fingerprint density at radius 3 is 2.82 bits per heavy atom. The van der Waals surface area contributed by atoms with E-state index >= 15 is 0 Å². The minimum absolute atomic E-state index is 0.0106. The van der Waals surface area contributed by atoms with Crippen LogP contribution in [0.25, 0.3) is 0 Å². The third-order valence-corrected chi connectivity index (χ3v) is 5.11. The number of nitrogen functional groups attached to an aromatic ring is 1. The highest BCUT2D eigenvalue weighted by molar-refractivity contribution is 7.85. The summed E-state index contributed by atoms with van der Waals surface area (Å²) < 4.78 is 12.3. The van der Waals surface area contributed by atoms with Gasteiger partial charge in [-0.3, -0.25) is 4.21 Å². The first-order valence-electron chi connectivity index (χ1n) is 5.68. The zero-order chi connectivity index (χ0) is 12.5. The minimum atomic E-state index is -1.04. The Morgan fingerprint density at radius 2 is 2.24 bits per heavy atom. The van der Waals surface area contributed by atoms with E-state index < -0.39 is 10.8 Å². The van der Waals surface area contributed by atoms with Gasteiger partial charge in [-0.25, -0.2) is 0 Å². The van der Waals surface area contributed by atoms with E-state index in [-0.39, 0.29) is 5.41 Å². The van der Waals surface area contributed by atoms with Crippen LogP contribution >= 0.6 is 0 Å². The first-order chi connectivity index (χ1) is 8.06. The Labute approximate surface area is 104 Å². The van der Waals surface area contributed by atoms with Gasteiger partial charge in [0.15, 0.2) is 0 Å². The van der Waals surface area contributed by atoms with Crippen molar-refractivity contribution >= 4 is 16.5 Å². The van der Waals surface area contributed by atoms with Crippen molar-refractivity contribution in [2.24, 2.45) is 5.41 Å². The van der Waals surface area contributed by atoms with Crippen LogP contribution in [0.4, 0.5) is 5.69 Å². The average Bonchev–Trinajstić information content (AvgIpc) is 3.02. The van der Waals surface area contributed by atoms with E-state index in [1.54, 1.807) is 6.07 Å². The number of benzene rings is 1. The van der Waals surface area contributed by atoms with Crippen LogP contribution in [0.5, 0.6) is 0 Å². The summed E-state index contributed by atoms with van der Waals surface area (Å²) in [6, 6.07) is 7.69. The van der Waals surface area contributed by atoms with E-state index in [9.17, 15) is 4.21 Å². The number of anilines is 1. The van der Waals surface area contributed by atoms with Gasteiger partial charge in [0.25, 0.3) is 0 Å². The predicted octanol–water partition coefficient (Wildman–Crippen LogP) is 2.38. The smallest absolute Gasteiger partial charge is 0.0627 e. The highest BCUT2D eigenvalue weighted by Crippen LogP contribution is 2.49. The molecule has 1 aromatic carbocycles. The monoisotopic (exact) mass is 248 g/mol. The SMILES string of the molecule is Cc1ccc(N)cc1S(=O)CC1(CC#N)CC1. The summed E-state index contributed by atoms with van der Waals surface area (Å²) >= 11 is 0. The van der Waals surface area contributed by atoms with Crippen molar-refractivity contribution in [1.82, 2.24) is 0 Å². The van der Waals surface area contributed by atoms with Crippen molar-refractivity contribution < 1.29 is 4.21 Å². The number of rotatable bonds is 4. The molecule has 3 nitrogen and oxygen atoms in total. The molecule has 1 aromatic rings. The van der Waals surface area contributed by atoms with E-state index in [1.807, 2.05) is 19.1 Å². The maximum Gasteiger partial charge on any atom is 0.0627 e. The second kappa shape index (κ2) is 4.50. The predicted molar refractivity (Wildman–Crippen MR) is 68.8 cm³/mol. The molecule has 1 aliphatic rings. The van der Waals surface area contributed by atoms with Gasteiger partial charge >= 0.3 is 0 Å². The van der Waals surface area contributed by atoms with Crippen molar-refractivity contribution in [3.63, 3.8) is 0 Å². The molecule has 1 aliphatic carbocycles. The van der Waals surface area contributed by atoms with Crippen LogP contribution in [0.2, 0.25) is 0 Å². The lowest BCUT2D eigenvalue weighted by atomic mass is 10.1. The second-order valence-corrected chi connectivity index (χ2v) is 6.27. The van der Waals surface area contributed by atoms with E-state index in [1.165, 1.54) is 0 Å². The highest BCUT2D eigenvalue weighted by Gasteiger charge is 2.44. The number of hydrogen-bond acceptors (Lipinski definition) is 3. The molecule has 4 heteroatoms. The van der Waals surface area contributed by atoms with E-state index in [4.69, 9.17) is 11.0 Å². The topological polar surface area (TPSA) is 66.9 Å².